The maximum absolute atomic E-state index is 11.9. The minimum atomic E-state index is -0.895. The highest BCUT2D eigenvalue weighted by molar-refractivity contribution is 5.97. The number of carboxylic acid groups (broad SMARTS) is 1. The predicted octanol–water partition coefficient (Wildman–Crippen LogP) is 3.93. The molecule has 0 amide bonds. The lowest BCUT2D eigenvalue weighted by molar-refractivity contribution is 0.0687. The van der Waals surface area contributed by atoms with Crippen LogP contribution in [0.25, 0.3) is 10.9 Å². The average molecular weight is 377 g/mol. The fourth-order valence-corrected chi connectivity index (χ4v) is 4.22. The highest BCUT2D eigenvalue weighted by Gasteiger charge is 2.25. The molecule has 0 spiro atoms. The van der Waals surface area contributed by atoms with Crippen LogP contribution < -0.4 is 5.32 Å². The Morgan fingerprint density at radius 1 is 1.11 bits per heavy atom. The van der Waals surface area contributed by atoms with Crippen LogP contribution in [0.1, 0.15) is 40.0 Å². The number of H-pyrrole nitrogens is 1. The third kappa shape index (κ3) is 3.96. The summed E-state index contributed by atoms with van der Waals surface area (Å²) in [6.07, 6.45) is 2.16. The van der Waals surface area contributed by atoms with Gasteiger partial charge in [-0.1, -0.05) is 42.0 Å². The molecule has 5 heteroatoms. The van der Waals surface area contributed by atoms with Gasteiger partial charge in [0.2, 0.25) is 0 Å². The number of aromatic carboxylic acids is 1. The fourth-order valence-electron chi connectivity index (χ4n) is 4.22. The van der Waals surface area contributed by atoms with E-state index in [-0.39, 0.29) is 0 Å². The van der Waals surface area contributed by atoms with Gasteiger partial charge in [0.25, 0.3) is 0 Å². The van der Waals surface area contributed by atoms with Gasteiger partial charge in [0.1, 0.15) is 5.69 Å². The molecule has 146 valence electrons. The van der Waals surface area contributed by atoms with Crippen molar-refractivity contribution in [3.05, 3.63) is 70.9 Å². The molecular formula is C23H27N3O2. The van der Waals surface area contributed by atoms with E-state index in [1.807, 2.05) is 25.1 Å². The SMILES string of the molecule is Cc1ccc2[nH]c(C(=O)O)c(CN(Cc3ccccc3)C3CCNCC3)c2c1. The molecule has 1 aromatic heterocycles. The molecule has 3 aromatic rings. The van der Waals surface area contributed by atoms with Gasteiger partial charge >= 0.3 is 5.97 Å². The second kappa shape index (κ2) is 8.17. The Morgan fingerprint density at radius 3 is 2.57 bits per heavy atom. The molecule has 0 aliphatic carbocycles. The summed E-state index contributed by atoms with van der Waals surface area (Å²) in [6, 6.07) is 17.0. The molecule has 1 aliphatic rings. The van der Waals surface area contributed by atoms with Crippen molar-refractivity contribution in [1.82, 2.24) is 15.2 Å². The van der Waals surface area contributed by atoms with Crippen LogP contribution >= 0.6 is 0 Å². The van der Waals surface area contributed by atoms with Crippen LogP contribution in [-0.4, -0.2) is 40.1 Å². The van der Waals surface area contributed by atoms with Crippen LogP contribution in [-0.2, 0) is 13.1 Å². The minimum absolute atomic E-state index is 0.313. The summed E-state index contributed by atoms with van der Waals surface area (Å²) in [4.78, 5) is 17.5. The zero-order valence-electron chi connectivity index (χ0n) is 16.2. The molecule has 0 saturated carbocycles. The summed E-state index contributed by atoms with van der Waals surface area (Å²) in [5.41, 5.74) is 4.49. The summed E-state index contributed by atoms with van der Waals surface area (Å²) in [5.74, 6) is -0.895. The van der Waals surface area contributed by atoms with Crippen molar-refractivity contribution >= 4 is 16.9 Å². The van der Waals surface area contributed by atoms with Crippen LogP contribution in [0.5, 0.6) is 0 Å². The van der Waals surface area contributed by atoms with Crippen LogP contribution in [0.4, 0.5) is 0 Å². The van der Waals surface area contributed by atoms with Crippen molar-refractivity contribution in [2.75, 3.05) is 13.1 Å². The van der Waals surface area contributed by atoms with E-state index >= 15 is 0 Å². The van der Waals surface area contributed by atoms with E-state index in [4.69, 9.17) is 0 Å². The first-order chi connectivity index (χ1) is 13.6. The Bertz CT molecular complexity index is 959. The van der Waals surface area contributed by atoms with E-state index in [0.29, 0.717) is 18.3 Å². The third-order valence-electron chi connectivity index (χ3n) is 5.69. The minimum Gasteiger partial charge on any atom is -0.477 e. The summed E-state index contributed by atoms with van der Waals surface area (Å²) < 4.78 is 0. The highest BCUT2D eigenvalue weighted by Crippen LogP contribution is 2.28. The van der Waals surface area contributed by atoms with Crippen molar-refractivity contribution in [2.24, 2.45) is 0 Å². The van der Waals surface area contributed by atoms with Crippen molar-refractivity contribution in [3.63, 3.8) is 0 Å². The monoisotopic (exact) mass is 377 g/mol. The molecular weight excluding hydrogens is 350 g/mol. The fraction of sp³-hybridized carbons (Fsp3) is 0.348. The zero-order chi connectivity index (χ0) is 19.5. The van der Waals surface area contributed by atoms with Crippen LogP contribution in [0, 0.1) is 6.92 Å². The number of hydrogen-bond acceptors (Lipinski definition) is 3. The van der Waals surface area contributed by atoms with Crippen molar-refractivity contribution in [1.29, 1.82) is 0 Å². The average Bonchev–Trinajstić information content (AvgIpc) is 3.07. The molecule has 1 aliphatic heterocycles. The predicted molar refractivity (Wildman–Crippen MR) is 112 cm³/mol. The number of carbonyl (C=O) groups is 1. The number of aromatic nitrogens is 1. The van der Waals surface area contributed by atoms with Gasteiger partial charge in [0.05, 0.1) is 0 Å². The topological polar surface area (TPSA) is 68.4 Å². The largest absolute Gasteiger partial charge is 0.477 e. The molecule has 2 heterocycles. The van der Waals surface area contributed by atoms with Gasteiger partial charge < -0.3 is 15.4 Å². The molecule has 2 aromatic carbocycles. The standard InChI is InChI=1S/C23H27N3O2/c1-16-7-8-21-19(13-16)20(22(25-21)23(27)28)15-26(18-9-11-24-12-10-18)14-17-5-3-2-4-6-17/h2-8,13,18,24-25H,9-12,14-15H2,1H3,(H,27,28). The first kappa shape index (κ1) is 18.7. The molecule has 0 radical (unpaired) electrons. The van der Waals surface area contributed by atoms with E-state index in [1.165, 1.54) is 5.56 Å². The Kier molecular flexibility index (Phi) is 5.46. The van der Waals surface area contributed by atoms with Gasteiger partial charge in [-0.2, -0.15) is 0 Å². The Labute approximate surface area is 165 Å². The van der Waals surface area contributed by atoms with Gasteiger partial charge in [0.15, 0.2) is 0 Å². The molecule has 4 rings (SSSR count). The zero-order valence-corrected chi connectivity index (χ0v) is 16.2. The number of fused-ring (bicyclic) bond motifs is 1. The van der Waals surface area contributed by atoms with Gasteiger partial charge in [-0.15, -0.1) is 0 Å². The van der Waals surface area contributed by atoms with Gasteiger partial charge in [0, 0.05) is 35.6 Å². The van der Waals surface area contributed by atoms with E-state index in [2.05, 4.69) is 45.5 Å². The lowest BCUT2D eigenvalue weighted by Crippen LogP contribution is -2.42. The number of aryl methyl sites for hydroxylation is 1. The maximum Gasteiger partial charge on any atom is 0.352 e. The number of carboxylic acids is 1. The number of benzene rings is 2. The summed E-state index contributed by atoms with van der Waals surface area (Å²) in [7, 11) is 0. The van der Waals surface area contributed by atoms with E-state index in [1.54, 1.807) is 0 Å². The molecule has 1 fully saturated rings. The Hall–Kier alpha value is -2.63. The maximum atomic E-state index is 11.9. The Morgan fingerprint density at radius 2 is 1.86 bits per heavy atom. The first-order valence-corrected chi connectivity index (χ1v) is 9.95. The number of nitrogens with zero attached hydrogens (tertiary/aromatic N) is 1. The number of rotatable bonds is 6. The molecule has 0 bridgehead atoms. The van der Waals surface area contributed by atoms with Crippen molar-refractivity contribution in [2.45, 2.75) is 38.9 Å². The van der Waals surface area contributed by atoms with Crippen molar-refractivity contribution < 1.29 is 9.90 Å². The van der Waals surface area contributed by atoms with Gasteiger partial charge in [-0.3, -0.25) is 4.90 Å². The van der Waals surface area contributed by atoms with Gasteiger partial charge in [-0.05, 0) is 50.6 Å². The van der Waals surface area contributed by atoms with Crippen LogP contribution in [0.2, 0.25) is 0 Å². The van der Waals surface area contributed by atoms with Crippen molar-refractivity contribution in [3.8, 4) is 0 Å². The smallest absolute Gasteiger partial charge is 0.352 e. The van der Waals surface area contributed by atoms with Gasteiger partial charge in [-0.25, -0.2) is 4.79 Å². The quantitative estimate of drug-likeness (QED) is 0.609. The van der Waals surface area contributed by atoms with E-state index in [0.717, 1.165) is 54.5 Å². The molecule has 5 nitrogen and oxygen atoms in total. The summed E-state index contributed by atoms with van der Waals surface area (Å²) in [5, 5.41) is 14.2. The van der Waals surface area contributed by atoms with E-state index in [9.17, 15) is 9.90 Å². The lowest BCUT2D eigenvalue weighted by Gasteiger charge is -2.35. The third-order valence-corrected chi connectivity index (χ3v) is 5.69. The summed E-state index contributed by atoms with van der Waals surface area (Å²) in [6.45, 7) is 5.52. The second-order valence-corrected chi connectivity index (χ2v) is 7.70. The number of piperidine rings is 1. The van der Waals surface area contributed by atoms with Crippen LogP contribution in [0.15, 0.2) is 48.5 Å². The molecule has 1 saturated heterocycles. The first-order valence-electron chi connectivity index (χ1n) is 9.95. The molecule has 0 atom stereocenters. The number of aromatic amines is 1. The summed E-state index contributed by atoms with van der Waals surface area (Å²) >= 11 is 0. The lowest BCUT2D eigenvalue weighted by atomic mass is 10.0. The number of hydrogen-bond donors (Lipinski definition) is 3. The molecule has 3 N–H and O–H groups in total. The second-order valence-electron chi connectivity index (χ2n) is 7.70. The number of nitrogens with one attached hydrogen (secondary N) is 2. The van der Waals surface area contributed by atoms with Crippen LogP contribution in [0.3, 0.4) is 0 Å². The normalized spacial score (nSPS) is 15.4. The highest BCUT2D eigenvalue weighted by atomic mass is 16.4. The van der Waals surface area contributed by atoms with E-state index < -0.39 is 5.97 Å². The molecule has 28 heavy (non-hydrogen) atoms. The molecule has 0 unspecified atom stereocenters. The Balaban J connectivity index is 1.72.